The van der Waals surface area contributed by atoms with Crippen molar-refractivity contribution in [1.29, 1.82) is 0 Å². The van der Waals surface area contributed by atoms with E-state index in [4.69, 9.17) is 0 Å². The lowest BCUT2D eigenvalue weighted by molar-refractivity contribution is 0.497. The maximum atomic E-state index is 12.9. The molecule has 0 unspecified atom stereocenters. The Morgan fingerprint density at radius 3 is 2.36 bits per heavy atom. The van der Waals surface area contributed by atoms with Crippen molar-refractivity contribution in [3.05, 3.63) is 35.4 Å². The van der Waals surface area contributed by atoms with Crippen molar-refractivity contribution < 1.29 is 8.78 Å². The van der Waals surface area contributed by atoms with Crippen LogP contribution in [-0.2, 0) is 6.42 Å². The predicted molar refractivity (Wildman–Crippen MR) is 56.3 cm³/mol. The first kappa shape index (κ1) is 13.1. The Morgan fingerprint density at radius 2 is 1.79 bits per heavy atom. The molecular formula is C12H18F2. The number of benzene rings is 1. The molecule has 0 saturated heterocycles. The number of halogens is 2. The number of unbranched alkanes of at least 4 members (excludes halogenated alkanes) is 1. The van der Waals surface area contributed by atoms with E-state index in [1.165, 1.54) is 0 Å². The van der Waals surface area contributed by atoms with E-state index in [2.05, 4.69) is 0 Å². The van der Waals surface area contributed by atoms with E-state index < -0.39 is 11.6 Å². The van der Waals surface area contributed by atoms with Crippen molar-refractivity contribution in [1.82, 2.24) is 0 Å². The fraction of sp³-hybridized carbons (Fsp3) is 0.500. The van der Waals surface area contributed by atoms with Gasteiger partial charge in [-0.2, -0.15) is 0 Å². The summed E-state index contributed by atoms with van der Waals surface area (Å²) in [5.74, 6) is -1.44. The fourth-order valence-corrected chi connectivity index (χ4v) is 1.11. The quantitative estimate of drug-likeness (QED) is 0.681. The molecule has 0 fully saturated rings. The molecule has 0 atom stereocenters. The number of hydrogen-bond donors (Lipinski definition) is 0. The van der Waals surface area contributed by atoms with Gasteiger partial charge in [-0.3, -0.25) is 0 Å². The Hall–Kier alpha value is -0.920. The van der Waals surface area contributed by atoms with Crippen LogP contribution in [0.1, 0.15) is 39.2 Å². The van der Waals surface area contributed by atoms with Crippen LogP contribution in [0.5, 0.6) is 0 Å². The van der Waals surface area contributed by atoms with E-state index >= 15 is 0 Å². The molecule has 0 radical (unpaired) electrons. The summed E-state index contributed by atoms with van der Waals surface area (Å²) in [5, 5.41) is 0. The van der Waals surface area contributed by atoms with E-state index in [1.54, 1.807) is 12.1 Å². The zero-order valence-corrected chi connectivity index (χ0v) is 9.11. The number of hydrogen-bond acceptors (Lipinski definition) is 0. The fourth-order valence-electron chi connectivity index (χ4n) is 1.11. The van der Waals surface area contributed by atoms with E-state index in [9.17, 15) is 8.78 Å². The van der Waals surface area contributed by atoms with Gasteiger partial charge in [0.05, 0.1) is 0 Å². The van der Waals surface area contributed by atoms with Crippen molar-refractivity contribution in [2.45, 2.75) is 40.0 Å². The molecule has 0 aliphatic rings. The van der Waals surface area contributed by atoms with Crippen LogP contribution in [0.4, 0.5) is 8.78 Å². The first-order chi connectivity index (χ1) is 6.75. The van der Waals surface area contributed by atoms with Crippen molar-refractivity contribution in [2.75, 3.05) is 0 Å². The third kappa shape index (κ3) is 3.86. The van der Waals surface area contributed by atoms with Gasteiger partial charge in [0.1, 0.15) is 0 Å². The summed E-state index contributed by atoms with van der Waals surface area (Å²) < 4.78 is 25.6. The van der Waals surface area contributed by atoms with E-state index in [0.29, 0.717) is 12.0 Å². The van der Waals surface area contributed by atoms with Crippen LogP contribution in [0.25, 0.3) is 0 Å². The van der Waals surface area contributed by atoms with Gasteiger partial charge in [0.15, 0.2) is 11.6 Å². The highest BCUT2D eigenvalue weighted by molar-refractivity contribution is 5.18. The smallest absolute Gasteiger partial charge is 0.162 e. The third-order valence-corrected chi connectivity index (χ3v) is 1.83. The highest BCUT2D eigenvalue weighted by Gasteiger charge is 2.05. The maximum absolute atomic E-state index is 12.9. The summed E-state index contributed by atoms with van der Waals surface area (Å²) in [6.07, 6.45) is 2.52. The normalized spacial score (nSPS) is 9.21. The molecule has 0 aliphatic carbocycles. The van der Waals surface area contributed by atoms with Crippen molar-refractivity contribution >= 4 is 0 Å². The van der Waals surface area contributed by atoms with Crippen molar-refractivity contribution in [3.63, 3.8) is 0 Å². The van der Waals surface area contributed by atoms with Crippen LogP contribution < -0.4 is 0 Å². The second-order valence-corrected chi connectivity index (χ2v) is 2.82. The number of aryl methyl sites for hydroxylation is 1. The zero-order valence-electron chi connectivity index (χ0n) is 9.11. The van der Waals surface area contributed by atoms with Crippen LogP contribution >= 0.6 is 0 Å². The Balaban J connectivity index is 0.000000791. The summed E-state index contributed by atoms with van der Waals surface area (Å²) in [6.45, 7) is 6.03. The molecule has 80 valence electrons. The second-order valence-electron chi connectivity index (χ2n) is 2.82. The molecule has 0 aliphatic heterocycles. The monoisotopic (exact) mass is 200 g/mol. The average Bonchev–Trinajstić information content (AvgIpc) is 2.23. The number of rotatable bonds is 3. The first-order valence-corrected chi connectivity index (χ1v) is 5.18. The summed E-state index contributed by atoms with van der Waals surface area (Å²) in [7, 11) is 0. The molecule has 14 heavy (non-hydrogen) atoms. The topological polar surface area (TPSA) is 0 Å². The molecular weight excluding hydrogens is 182 g/mol. The van der Waals surface area contributed by atoms with E-state index in [-0.39, 0.29) is 0 Å². The van der Waals surface area contributed by atoms with Crippen LogP contribution in [-0.4, -0.2) is 0 Å². The third-order valence-electron chi connectivity index (χ3n) is 1.83. The summed E-state index contributed by atoms with van der Waals surface area (Å²) in [5.41, 5.74) is 0.483. The van der Waals surface area contributed by atoms with Crippen LogP contribution in [0.2, 0.25) is 0 Å². The summed E-state index contributed by atoms with van der Waals surface area (Å²) in [6, 6.07) is 4.32. The molecule has 1 rings (SSSR count). The van der Waals surface area contributed by atoms with Gasteiger partial charge in [-0.25, -0.2) is 8.78 Å². The summed E-state index contributed by atoms with van der Waals surface area (Å²) >= 11 is 0. The SMILES string of the molecule is CC.CCCCc1cccc(F)c1F. The van der Waals surface area contributed by atoms with E-state index in [1.807, 2.05) is 20.8 Å². The van der Waals surface area contributed by atoms with Gasteiger partial charge in [-0.15, -0.1) is 0 Å². The highest BCUT2D eigenvalue weighted by Crippen LogP contribution is 2.13. The Kier molecular flexibility index (Phi) is 6.99. The lowest BCUT2D eigenvalue weighted by Crippen LogP contribution is -1.93. The van der Waals surface area contributed by atoms with Gasteiger partial charge in [0.25, 0.3) is 0 Å². The Morgan fingerprint density at radius 1 is 1.14 bits per heavy atom. The molecule has 0 heterocycles. The van der Waals surface area contributed by atoms with Crippen molar-refractivity contribution in [2.24, 2.45) is 0 Å². The standard InChI is InChI=1S/C10H12F2.C2H6/c1-2-3-5-8-6-4-7-9(11)10(8)12;1-2/h4,6-7H,2-3,5H2,1H3;1-2H3. The minimum atomic E-state index is -0.747. The lowest BCUT2D eigenvalue weighted by atomic mass is 10.1. The molecule has 1 aromatic rings. The Bertz CT molecular complexity index is 256. The summed E-state index contributed by atoms with van der Waals surface area (Å²) in [4.78, 5) is 0. The first-order valence-electron chi connectivity index (χ1n) is 5.18. The molecule has 0 aromatic heterocycles. The van der Waals surface area contributed by atoms with Gasteiger partial charge in [0, 0.05) is 0 Å². The van der Waals surface area contributed by atoms with Crippen LogP contribution in [0.3, 0.4) is 0 Å². The molecule has 0 amide bonds. The Labute approximate surface area is 85.0 Å². The van der Waals surface area contributed by atoms with Crippen LogP contribution in [0.15, 0.2) is 18.2 Å². The van der Waals surface area contributed by atoms with Gasteiger partial charge in [0.2, 0.25) is 0 Å². The maximum Gasteiger partial charge on any atom is 0.162 e. The molecule has 0 N–H and O–H groups in total. The lowest BCUT2D eigenvalue weighted by Gasteiger charge is -2.01. The van der Waals surface area contributed by atoms with Gasteiger partial charge < -0.3 is 0 Å². The largest absolute Gasteiger partial charge is 0.204 e. The predicted octanol–water partition coefficient (Wildman–Crippen LogP) is 4.33. The van der Waals surface area contributed by atoms with Gasteiger partial charge in [-0.1, -0.05) is 39.3 Å². The molecule has 1 aromatic carbocycles. The van der Waals surface area contributed by atoms with E-state index in [0.717, 1.165) is 18.9 Å². The van der Waals surface area contributed by atoms with Crippen LogP contribution in [0, 0.1) is 11.6 Å². The highest BCUT2D eigenvalue weighted by atomic mass is 19.2. The molecule has 0 saturated carbocycles. The van der Waals surface area contributed by atoms with Gasteiger partial charge in [-0.05, 0) is 24.5 Å². The molecule has 0 bridgehead atoms. The molecule has 0 spiro atoms. The van der Waals surface area contributed by atoms with Crippen molar-refractivity contribution in [3.8, 4) is 0 Å². The molecule has 2 heteroatoms. The average molecular weight is 200 g/mol. The zero-order chi connectivity index (χ0) is 11.0. The minimum absolute atomic E-state index is 0.483. The molecule has 0 nitrogen and oxygen atoms in total. The van der Waals surface area contributed by atoms with Gasteiger partial charge >= 0.3 is 0 Å². The minimum Gasteiger partial charge on any atom is -0.204 e. The second kappa shape index (κ2) is 7.48.